The van der Waals surface area contributed by atoms with Crippen molar-refractivity contribution in [1.29, 1.82) is 0 Å². The number of fused-ring (bicyclic) bond motifs is 1. The number of carbonyl (C=O) groups is 5. The zero-order chi connectivity index (χ0) is 30.0. The quantitative estimate of drug-likeness (QED) is 0.207. The van der Waals surface area contributed by atoms with Crippen molar-refractivity contribution in [3.05, 3.63) is 76.0 Å². The van der Waals surface area contributed by atoms with Gasteiger partial charge in [0.1, 0.15) is 6.04 Å². The minimum atomic E-state index is -0.904. The summed E-state index contributed by atoms with van der Waals surface area (Å²) in [6, 6.07) is 4.60. The fourth-order valence-corrected chi connectivity index (χ4v) is 4.92. The maximum absolute atomic E-state index is 13.7. The number of rotatable bonds is 11. The summed E-state index contributed by atoms with van der Waals surface area (Å²) < 4.78 is 9.99. The van der Waals surface area contributed by atoms with Crippen LogP contribution in [0.2, 0.25) is 0 Å². The van der Waals surface area contributed by atoms with Crippen LogP contribution < -0.4 is 16.0 Å². The molecule has 4 aliphatic rings. The van der Waals surface area contributed by atoms with Crippen LogP contribution in [0.5, 0.6) is 0 Å². The van der Waals surface area contributed by atoms with Gasteiger partial charge in [-0.1, -0.05) is 24.3 Å². The van der Waals surface area contributed by atoms with E-state index in [1.165, 1.54) is 6.92 Å². The second kappa shape index (κ2) is 12.1. The number of nitrogens with zero attached hydrogens (tertiary/aromatic N) is 1. The van der Waals surface area contributed by atoms with E-state index in [9.17, 15) is 24.0 Å². The van der Waals surface area contributed by atoms with Crippen molar-refractivity contribution in [1.82, 2.24) is 15.5 Å². The van der Waals surface area contributed by atoms with Crippen molar-refractivity contribution in [3.63, 3.8) is 0 Å². The molecule has 0 spiro atoms. The fourth-order valence-electron chi connectivity index (χ4n) is 4.92. The van der Waals surface area contributed by atoms with Crippen LogP contribution in [0, 0.1) is 12.8 Å². The van der Waals surface area contributed by atoms with Gasteiger partial charge in [0.25, 0.3) is 11.8 Å². The van der Waals surface area contributed by atoms with Crippen molar-refractivity contribution in [3.8, 4) is 0 Å². The third kappa shape index (κ3) is 6.29. The van der Waals surface area contributed by atoms with E-state index in [1.54, 1.807) is 0 Å². The van der Waals surface area contributed by atoms with Crippen LogP contribution in [0.1, 0.15) is 55.5 Å². The molecule has 42 heavy (non-hydrogen) atoms. The van der Waals surface area contributed by atoms with E-state index in [0.717, 1.165) is 45.8 Å². The number of nitrogens with one attached hydrogen (secondary N) is 3. The minimum Gasteiger partial charge on any atom is -0.426 e. The first-order chi connectivity index (χ1) is 20.2. The lowest BCUT2D eigenvalue weighted by atomic mass is 9.92. The molecule has 0 heterocycles. The fraction of sp³-hybridized carbons (Fsp3) is 0.387. The summed E-state index contributed by atoms with van der Waals surface area (Å²) in [5, 5.41) is 8.73. The minimum absolute atomic E-state index is 0.101. The monoisotopic (exact) mass is 574 g/mol. The Morgan fingerprint density at radius 1 is 1.10 bits per heavy atom. The number of esters is 1. The van der Waals surface area contributed by atoms with Crippen LogP contribution in [0.4, 0.5) is 10.5 Å². The normalized spacial score (nSPS) is 19.5. The molecule has 220 valence electrons. The summed E-state index contributed by atoms with van der Waals surface area (Å²) >= 11 is 0. The first-order valence-corrected chi connectivity index (χ1v) is 14.0. The van der Waals surface area contributed by atoms with E-state index in [2.05, 4.69) is 16.0 Å². The van der Waals surface area contributed by atoms with Gasteiger partial charge in [-0.25, -0.2) is 14.5 Å². The Hall–Kier alpha value is -4.67. The Balaban J connectivity index is 1.29. The molecule has 11 nitrogen and oxygen atoms in total. The first-order valence-electron chi connectivity index (χ1n) is 14.0. The lowest BCUT2D eigenvalue weighted by molar-refractivity contribution is -0.155. The third-order valence-electron chi connectivity index (χ3n) is 7.65. The van der Waals surface area contributed by atoms with Crippen molar-refractivity contribution in [2.45, 2.75) is 64.6 Å². The third-order valence-corrected chi connectivity index (χ3v) is 7.65. The number of hydrogen-bond donors (Lipinski definition) is 3. The standard InChI is InChI=1S/C31H34N4O7/c1-17-7-8-21(28(37)33-22-9-10-22)14-26(17)34-25-6-4-5-20-13-24(18(2)27(20)25)29(38)35(23-11-12-23)31(40)42-16-41-30(39)19(3)32-15-36/h4-8,13-15,19-20,22-23,34H,9-12,16H2,1-3H3,(H,32,36)(H,33,37). The van der Waals surface area contributed by atoms with Gasteiger partial charge in [0.2, 0.25) is 13.2 Å². The lowest BCUT2D eigenvalue weighted by Gasteiger charge is -2.22. The van der Waals surface area contributed by atoms with Gasteiger partial charge in [-0.2, -0.15) is 0 Å². The molecule has 4 amide bonds. The first kappa shape index (κ1) is 28.8. The molecule has 3 N–H and O–H groups in total. The van der Waals surface area contributed by atoms with E-state index < -0.39 is 30.8 Å². The topological polar surface area (TPSA) is 143 Å². The van der Waals surface area contributed by atoms with Gasteiger partial charge in [0.15, 0.2) is 0 Å². The molecule has 0 radical (unpaired) electrons. The van der Waals surface area contributed by atoms with Gasteiger partial charge in [-0.05, 0) is 81.4 Å². The highest BCUT2D eigenvalue weighted by Gasteiger charge is 2.42. The van der Waals surface area contributed by atoms with Crippen LogP contribution in [0.3, 0.4) is 0 Å². The number of ether oxygens (including phenoxy) is 2. The van der Waals surface area contributed by atoms with Crippen LogP contribution in [-0.2, 0) is 23.9 Å². The molecular weight excluding hydrogens is 540 g/mol. The summed E-state index contributed by atoms with van der Waals surface area (Å²) in [5.41, 5.74) is 5.15. The predicted molar refractivity (Wildman–Crippen MR) is 153 cm³/mol. The Bertz CT molecular complexity index is 1450. The molecule has 2 saturated carbocycles. The molecule has 4 aliphatic carbocycles. The van der Waals surface area contributed by atoms with Crippen LogP contribution in [-0.4, -0.2) is 60.1 Å². The molecule has 2 unspecified atom stereocenters. The molecule has 0 bridgehead atoms. The SMILES string of the molecule is CC1=C2C(Nc3cc(C(=O)NC4CC4)ccc3C)=CC=CC2C=C1C(=O)N(C(=O)OCOC(=O)C(C)NC=O)C1CC1. The average Bonchev–Trinajstić information content (AvgIpc) is 3.90. The van der Waals surface area contributed by atoms with Crippen LogP contribution >= 0.6 is 0 Å². The molecule has 0 aromatic heterocycles. The number of carbonyl (C=O) groups excluding carboxylic acids is 5. The van der Waals surface area contributed by atoms with E-state index >= 15 is 0 Å². The van der Waals surface area contributed by atoms with E-state index in [-0.39, 0.29) is 23.9 Å². The van der Waals surface area contributed by atoms with Crippen molar-refractivity contribution in [2.24, 2.45) is 5.92 Å². The molecule has 5 rings (SSSR count). The van der Waals surface area contributed by atoms with Gasteiger partial charge < -0.3 is 25.4 Å². The number of amides is 4. The summed E-state index contributed by atoms with van der Waals surface area (Å²) in [4.78, 5) is 62.7. The number of hydrogen-bond acceptors (Lipinski definition) is 8. The van der Waals surface area contributed by atoms with Crippen molar-refractivity contribution >= 4 is 36.0 Å². The number of aryl methyl sites for hydroxylation is 1. The molecule has 1 aromatic rings. The van der Waals surface area contributed by atoms with Crippen molar-refractivity contribution < 1.29 is 33.4 Å². The molecule has 0 saturated heterocycles. The van der Waals surface area contributed by atoms with E-state index in [1.807, 2.05) is 56.4 Å². The maximum atomic E-state index is 13.7. The Morgan fingerprint density at radius 3 is 2.55 bits per heavy atom. The van der Waals surface area contributed by atoms with E-state index in [0.29, 0.717) is 30.4 Å². The largest absolute Gasteiger partial charge is 0.426 e. The highest BCUT2D eigenvalue weighted by Crippen LogP contribution is 2.41. The van der Waals surface area contributed by atoms with Crippen molar-refractivity contribution in [2.75, 3.05) is 12.1 Å². The lowest BCUT2D eigenvalue weighted by Crippen LogP contribution is -2.41. The molecule has 0 aliphatic heterocycles. The smallest absolute Gasteiger partial charge is 0.419 e. The van der Waals surface area contributed by atoms with Gasteiger partial charge in [0, 0.05) is 40.5 Å². The number of benzene rings is 1. The average molecular weight is 575 g/mol. The summed E-state index contributed by atoms with van der Waals surface area (Å²) in [7, 11) is 0. The Morgan fingerprint density at radius 2 is 1.86 bits per heavy atom. The number of allylic oxidation sites excluding steroid dienone is 5. The predicted octanol–water partition coefficient (Wildman–Crippen LogP) is 3.39. The highest BCUT2D eigenvalue weighted by atomic mass is 16.7. The molecule has 2 atom stereocenters. The Kier molecular flexibility index (Phi) is 8.28. The zero-order valence-corrected chi connectivity index (χ0v) is 23.8. The maximum Gasteiger partial charge on any atom is 0.419 e. The van der Waals surface area contributed by atoms with Crippen LogP contribution in [0.25, 0.3) is 0 Å². The van der Waals surface area contributed by atoms with Gasteiger partial charge in [0.05, 0.1) is 0 Å². The second-order valence-corrected chi connectivity index (χ2v) is 10.9. The summed E-state index contributed by atoms with van der Waals surface area (Å²) in [6.07, 6.45) is 10.4. The molecule has 11 heteroatoms. The zero-order valence-electron chi connectivity index (χ0n) is 23.8. The van der Waals surface area contributed by atoms with Gasteiger partial charge in [-0.15, -0.1) is 0 Å². The molecule has 1 aromatic carbocycles. The van der Waals surface area contributed by atoms with Gasteiger partial charge in [-0.3, -0.25) is 14.4 Å². The number of anilines is 1. The molecule has 2 fully saturated rings. The highest BCUT2D eigenvalue weighted by molar-refractivity contribution is 6.07. The second-order valence-electron chi connectivity index (χ2n) is 10.9. The Labute approximate surface area is 243 Å². The van der Waals surface area contributed by atoms with Crippen LogP contribution in [0.15, 0.2) is 64.9 Å². The summed E-state index contributed by atoms with van der Waals surface area (Å²) in [5.74, 6) is -1.53. The van der Waals surface area contributed by atoms with Gasteiger partial charge >= 0.3 is 12.1 Å². The summed E-state index contributed by atoms with van der Waals surface area (Å²) in [6.45, 7) is 4.55. The molecular formula is C31H34N4O7. The number of imide groups is 1. The van der Waals surface area contributed by atoms with E-state index in [4.69, 9.17) is 9.47 Å².